The van der Waals surface area contributed by atoms with Gasteiger partial charge in [0.25, 0.3) is 5.56 Å². The minimum Gasteiger partial charge on any atom is -0.460 e. The first-order chi connectivity index (χ1) is 18.4. The van der Waals surface area contributed by atoms with Gasteiger partial charge in [-0.1, -0.05) is 52.7 Å². The topological polar surface area (TPSA) is 83.0 Å². The zero-order chi connectivity index (χ0) is 26.8. The van der Waals surface area contributed by atoms with Crippen molar-refractivity contribution in [3.8, 4) is 11.3 Å². The number of halogens is 2. The molecule has 0 aliphatic carbocycles. The van der Waals surface area contributed by atoms with E-state index in [0.29, 0.717) is 42.2 Å². The second-order valence-corrected chi connectivity index (χ2v) is 10.3. The minimum atomic E-state index is -0.807. The Labute approximate surface area is 231 Å². The highest BCUT2D eigenvalue weighted by molar-refractivity contribution is 7.07. The summed E-state index contributed by atoms with van der Waals surface area (Å²) in [5.41, 5.74) is 1.83. The van der Waals surface area contributed by atoms with Crippen LogP contribution < -0.4 is 14.9 Å². The van der Waals surface area contributed by atoms with Crippen molar-refractivity contribution >= 4 is 46.6 Å². The van der Waals surface area contributed by atoms with Crippen molar-refractivity contribution in [2.24, 2.45) is 4.99 Å². The molecule has 0 saturated carbocycles. The Morgan fingerprint density at radius 1 is 1.11 bits per heavy atom. The third kappa shape index (κ3) is 5.13. The number of hydrogen-bond donors (Lipinski definition) is 0. The number of methoxy groups -OCH3 is 1. The maximum Gasteiger partial charge on any atom is 0.338 e. The first kappa shape index (κ1) is 26.2. The standard InChI is InChI=1S/C28H22Cl2N2O5S/c1-16-24(27(34)36-14-13-35-2)25(20-5-3-4-6-21(20)30)32-26(33)23(38-28(32)31-16)15-19-11-12-22(37-19)17-7-9-18(29)10-8-17/h3-12,15,25H,13-14H2,1-2H3/b23-15+. The van der Waals surface area contributed by atoms with Crippen LogP contribution in [0.5, 0.6) is 0 Å². The van der Waals surface area contributed by atoms with Crippen LogP contribution in [-0.4, -0.2) is 30.9 Å². The number of furan rings is 1. The number of nitrogens with zero attached hydrogens (tertiary/aromatic N) is 2. The summed E-state index contributed by atoms with van der Waals surface area (Å²) in [4.78, 5) is 32.0. The predicted molar refractivity (Wildman–Crippen MR) is 147 cm³/mol. The van der Waals surface area contributed by atoms with Crippen LogP contribution in [0.25, 0.3) is 17.4 Å². The molecule has 2 aromatic carbocycles. The molecule has 0 bridgehead atoms. The molecule has 38 heavy (non-hydrogen) atoms. The zero-order valence-electron chi connectivity index (χ0n) is 20.4. The van der Waals surface area contributed by atoms with Gasteiger partial charge in [-0.25, -0.2) is 9.79 Å². The molecule has 2 aromatic heterocycles. The monoisotopic (exact) mass is 568 g/mol. The highest BCUT2D eigenvalue weighted by atomic mass is 35.5. The molecule has 1 atom stereocenters. The summed E-state index contributed by atoms with van der Waals surface area (Å²) >= 11 is 13.8. The van der Waals surface area contributed by atoms with Crippen molar-refractivity contribution in [3.63, 3.8) is 0 Å². The van der Waals surface area contributed by atoms with E-state index in [2.05, 4.69) is 4.99 Å². The fraction of sp³-hybridized carbons (Fsp3) is 0.179. The van der Waals surface area contributed by atoms with Crippen LogP contribution in [0.1, 0.15) is 24.3 Å². The lowest BCUT2D eigenvalue weighted by Gasteiger charge is -2.25. The van der Waals surface area contributed by atoms with Gasteiger partial charge in [0.05, 0.1) is 22.4 Å². The average Bonchev–Trinajstić information content (AvgIpc) is 3.48. The summed E-state index contributed by atoms with van der Waals surface area (Å²) < 4.78 is 18.3. The number of esters is 1. The molecule has 10 heteroatoms. The average molecular weight is 569 g/mol. The van der Waals surface area contributed by atoms with Gasteiger partial charge < -0.3 is 13.9 Å². The van der Waals surface area contributed by atoms with E-state index in [4.69, 9.17) is 37.1 Å². The fourth-order valence-electron chi connectivity index (χ4n) is 4.20. The molecule has 194 valence electrons. The Morgan fingerprint density at radius 3 is 2.61 bits per heavy atom. The van der Waals surface area contributed by atoms with Gasteiger partial charge in [-0.15, -0.1) is 0 Å². The van der Waals surface area contributed by atoms with Gasteiger partial charge in [-0.3, -0.25) is 9.36 Å². The van der Waals surface area contributed by atoms with E-state index in [1.807, 2.05) is 18.2 Å². The van der Waals surface area contributed by atoms with Crippen LogP contribution in [0.15, 0.2) is 86.1 Å². The third-order valence-corrected chi connectivity index (χ3v) is 7.57. The number of fused-ring (bicyclic) bond motifs is 1. The Bertz CT molecular complexity index is 1720. The van der Waals surface area contributed by atoms with Gasteiger partial charge >= 0.3 is 5.97 Å². The SMILES string of the molecule is COCCOC(=O)C1=C(C)N=c2s/c(=C/c3ccc(-c4ccc(Cl)cc4)o3)c(=O)n2C1c1ccccc1Cl. The Balaban J connectivity index is 1.61. The minimum absolute atomic E-state index is 0.0697. The smallest absolute Gasteiger partial charge is 0.338 e. The molecule has 0 N–H and O–H groups in total. The van der Waals surface area contributed by atoms with E-state index < -0.39 is 12.0 Å². The Kier molecular flexibility index (Phi) is 7.67. The fourth-order valence-corrected chi connectivity index (χ4v) is 5.59. The number of carbonyl (C=O) groups excluding carboxylic acids is 1. The molecule has 0 radical (unpaired) electrons. The largest absolute Gasteiger partial charge is 0.460 e. The summed E-state index contributed by atoms with van der Waals surface area (Å²) in [7, 11) is 1.52. The highest BCUT2D eigenvalue weighted by Gasteiger charge is 2.34. The molecule has 0 fully saturated rings. The third-order valence-electron chi connectivity index (χ3n) is 5.99. The van der Waals surface area contributed by atoms with Crippen molar-refractivity contribution in [1.29, 1.82) is 0 Å². The second-order valence-electron chi connectivity index (χ2n) is 8.44. The number of ether oxygens (including phenoxy) is 2. The van der Waals surface area contributed by atoms with Crippen LogP contribution >= 0.6 is 34.5 Å². The number of thiazole rings is 1. The van der Waals surface area contributed by atoms with Crippen LogP contribution in [0.4, 0.5) is 0 Å². The van der Waals surface area contributed by atoms with E-state index in [0.717, 1.165) is 5.56 Å². The maximum absolute atomic E-state index is 13.8. The molecule has 7 nitrogen and oxygen atoms in total. The number of allylic oxidation sites excluding steroid dienone is 1. The zero-order valence-corrected chi connectivity index (χ0v) is 22.8. The summed E-state index contributed by atoms with van der Waals surface area (Å²) in [5, 5.41) is 1.05. The molecule has 0 amide bonds. The molecule has 1 aliphatic heterocycles. The van der Waals surface area contributed by atoms with Crippen LogP contribution in [0.2, 0.25) is 10.0 Å². The number of aromatic nitrogens is 1. The maximum atomic E-state index is 13.8. The van der Waals surface area contributed by atoms with E-state index in [-0.39, 0.29) is 24.3 Å². The lowest BCUT2D eigenvalue weighted by Crippen LogP contribution is -2.40. The highest BCUT2D eigenvalue weighted by Crippen LogP contribution is 2.34. The quantitative estimate of drug-likeness (QED) is 0.231. The first-order valence-corrected chi connectivity index (χ1v) is 13.2. The van der Waals surface area contributed by atoms with Gasteiger partial charge in [0, 0.05) is 28.8 Å². The van der Waals surface area contributed by atoms with E-state index in [1.165, 1.54) is 23.0 Å². The molecule has 0 spiro atoms. The van der Waals surface area contributed by atoms with Gasteiger partial charge in [0.15, 0.2) is 4.80 Å². The number of benzene rings is 2. The Morgan fingerprint density at radius 2 is 1.87 bits per heavy atom. The molecule has 3 heterocycles. The molecule has 4 aromatic rings. The van der Waals surface area contributed by atoms with Gasteiger partial charge in [-0.05, 0) is 55.0 Å². The lowest BCUT2D eigenvalue weighted by molar-refractivity contribution is -0.140. The predicted octanol–water partition coefficient (Wildman–Crippen LogP) is 4.99. The van der Waals surface area contributed by atoms with Crippen molar-refractivity contribution in [2.75, 3.05) is 20.3 Å². The molecule has 5 rings (SSSR count). The van der Waals surface area contributed by atoms with Gasteiger partial charge in [0.2, 0.25) is 0 Å². The van der Waals surface area contributed by atoms with Gasteiger partial charge in [-0.2, -0.15) is 0 Å². The summed E-state index contributed by atoms with van der Waals surface area (Å²) in [5.74, 6) is 0.567. The van der Waals surface area contributed by atoms with Gasteiger partial charge in [0.1, 0.15) is 24.2 Å². The van der Waals surface area contributed by atoms with Crippen LogP contribution in [0, 0.1) is 0 Å². The van der Waals surface area contributed by atoms with E-state index in [9.17, 15) is 9.59 Å². The molecular weight excluding hydrogens is 547 g/mol. The number of carbonyl (C=O) groups is 1. The molecule has 1 unspecified atom stereocenters. The normalized spacial score (nSPS) is 15.4. The first-order valence-electron chi connectivity index (χ1n) is 11.7. The van der Waals surface area contributed by atoms with Crippen molar-refractivity contribution < 1.29 is 18.7 Å². The van der Waals surface area contributed by atoms with Crippen molar-refractivity contribution in [3.05, 3.63) is 113 Å². The van der Waals surface area contributed by atoms with E-state index >= 15 is 0 Å². The summed E-state index contributed by atoms with van der Waals surface area (Å²) in [6.45, 7) is 2.04. The van der Waals surface area contributed by atoms with Crippen LogP contribution in [0.3, 0.4) is 0 Å². The lowest BCUT2D eigenvalue weighted by atomic mass is 9.96. The summed E-state index contributed by atoms with van der Waals surface area (Å²) in [6, 6.07) is 17.2. The number of rotatable bonds is 7. The summed E-state index contributed by atoms with van der Waals surface area (Å²) in [6.07, 6.45) is 1.67. The molecule has 1 aliphatic rings. The van der Waals surface area contributed by atoms with Crippen molar-refractivity contribution in [1.82, 2.24) is 4.57 Å². The second kappa shape index (κ2) is 11.1. The Hall–Kier alpha value is -3.43. The van der Waals surface area contributed by atoms with Crippen LogP contribution in [-0.2, 0) is 14.3 Å². The van der Waals surface area contributed by atoms with E-state index in [1.54, 1.807) is 55.5 Å². The molecule has 0 saturated heterocycles. The molecular formula is C28H22Cl2N2O5S. The number of hydrogen-bond acceptors (Lipinski definition) is 7. The van der Waals surface area contributed by atoms with Crippen molar-refractivity contribution in [2.45, 2.75) is 13.0 Å².